The van der Waals surface area contributed by atoms with Crippen molar-refractivity contribution >= 4 is 11.4 Å². The zero-order valence-corrected chi connectivity index (χ0v) is 12.0. The van der Waals surface area contributed by atoms with Crippen LogP contribution in [0, 0.1) is 17.2 Å². The van der Waals surface area contributed by atoms with Gasteiger partial charge in [-0.1, -0.05) is 12.8 Å². The molecule has 3 rings (SSSR count). The van der Waals surface area contributed by atoms with Crippen molar-refractivity contribution < 1.29 is 0 Å². The van der Waals surface area contributed by atoms with Crippen molar-refractivity contribution in [3.63, 3.8) is 0 Å². The average Bonchev–Trinajstić information content (AvgIpc) is 3.11. The molecule has 0 aromatic heterocycles. The molecule has 3 nitrogen and oxygen atoms in total. The van der Waals surface area contributed by atoms with E-state index in [4.69, 9.17) is 11.0 Å². The molecule has 1 saturated carbocycles. The van der Waals surface area contributed by atoms with Crippen LogP contribution in [0.2, 0.25) is 0 Å². The van der Waals surface area contributed by atoms with Gasteiger partial charge in [-0.05, 0) is 55.4 Å². The summed E-state index contributed by atoms with van der Waals surface area (Å²) in [5.74, 6) is 0.870. The molecule has 2 fully saturated rings. The number of hydrogen-bond acceptors (Lipinski definition) is 3. The number of rotatable bonds is 3. The molecule has 0 spiro atoms. The zero-order valence-electron chi connectivity index (χ0n) is 12.0. The Morgan fingerprint density at radius 2 is 2.00 bits per heavy atom. The summed E-state index contributed by atoms with van der Waals surface area (Å²) in [4.78, 5) is 2.57. The average molecular weight is 269 g/mol. The lowest BCUT2D eigenvalue weighted by Crippen LogP contribution is -2.34. The Hall–Kier alpha value is -1.69. The van der Waals surface area contributed by atoms with Crippen LogP contribution in [-0.2, 0) is 6.42 Å². The van der Waals surface area contributed by atoms with Gasteiger partial charge < -0.3 is 10.6 Å². The smallest absolute Gasteiger partial charge is 0.0670 e. The maximum absolute atomic E-state index is 8.91. The second kappa shape index (κ2) is 5.75. The maximum Gasteiger partial charge on any atom is 0.0670 e. The van der Waals surface area contributed by atoms with Crippen molar-refractivity contribution in [2.24, 2.45) is 5.92 Å². The second-order valence-electron chi connectivity index (χ2n) is 6.17. The van der Waals surface area contributed by atoms with Crippen LogP contribution in [0.4, 0.5) is 11.4 Å². The third kappa shape index (κ3) is 2.47. The van der Waals surface area contributed by atoms with Crippen LogP contribution in [0.15, 0.2) is 18.2 Å². The van der Waals surface area contributed by atoms with Crippen molar-refractivity contribution in [2.75, 3.05) is 17.2 Å². The molecule has 0 amide bonds. The summed E-state index contributed by atoms with van der Waals surface area (Å²) < 4.78 is 0. The highest BCUT2D eigenvalue weighted by Gasteiger charge is 2.33. The van der Waals surface area contributed by atoms with Crippen LogP contribution < -0.4 is 10.6 Å². The molecule has 2 aliphatic rings. The number of nitrogens with zero attached hydrogens (tertiary/aromatic N) is 2. The van der Waals surface area contributed by atoms with E-state index in [0.29, 0.717) is 12.5 Å². The lowest BCUT2D eigenvalue weighted by atomic mass is 9.95. The van der Waals surface area contributed by atoms with Gasteiger partial charge in [-0.3, -0.25) is 0 Å². The molecule has 2 N–H and O–H groups in total. The number of hydrogen-bond donors (Lipinski definition) is 1. The van der Waals surface area contributed by atoms with E-state index in [1.54, 1.807) is 0 Å². The lowest BCUT2D eigenvalue weighted by Gasteiger charge is -2.31. The molecular formula is C17H23N3. The molecule has 1 unspecified atom stereocenters. The fraction of sp³-hybridized carbons (Fsp3) is 0.588. The largest absolute Gasteiger partial charge is 0.398 e. The number of anilines is 2. The molecule has 1 saturated heterocycles. The standard InChI is InChI=1S/C17H23N3/c18-10-9-14-12-15(7-8-16(14)19)20-11-3-6-17(20)13-4-1-2-5-13/h7-8,12-13,17H,1-6,9,11,19H2. The Labute approximate surface area is 121 Å². The van der Waals surface area contributed by atoms with Crippen molar-refractivity contribution in [1.82, 2.24) is 0 Å². The predicted molar refractivity (Wildman–Crippen MR) is 82.5 cm³/mol. The van der Waals surface area contributed by atoms with E-state index >= 15 is 0 Å². The predicted octanol–water partition coefficient (Wildman–Crippen LogP) is 3.49. The third-order valence-corrected chi connectivity index (χ3v) is 4.97. The normalized spacial score (nSPS) is 23.1. The van der Waals surface area contributed by atoms with Gasteiger partial charge in [0.15, 0.2) is 0 Å². The summed E-state index contributed by atoms with van der Waals surface area (Å²) in [5.41, 5.74) is 8.94. The number of nitrogen functional groups attached to an aromatic ring is 1. The first kappa shape index (κ1) is 13.3. The minimum Gasteiger partial charge on any atom is -0.398 e. The van der Waals surface area contributed by atoms with Crippen molar-refractivity contribution in [3.8, 4) is 6.07 Å². The van der Waals surface area contributed by atoms with Gasteiger partial charge in [0.05, 0.1) is 12.5 Å². The molecule has 1 aliphatic heterocycles. The Morgan fingerprint density at radius 1 is 1.20 bits per heavy atom. The lowest BCUT2D eigenvalue weighted by molar-refractivity contribution is 0.431. The van der Waals surface area contributed by atoms with E-state index in [2.05, 4.69) is 23.1 Å². The Morgan fingerprint density at radius 3 is 2.75 bits per heavy atom. The monoisotopic (exact) mass is 269 g/mol. The van der Waals surface area contributed by atoms with Crippen molar-refractivity contribution in [2.45, 2.75) is 51.0 Å². The highest BCUT2D eigenvalue weighted by Crippen LogP contribution is 2.38. The quantitative estimate of drug-likeness (QED) is 0.854. The summed E-state index contributed by atoms with van der Waals surface area (Å²) >= 11 is 0. The van der Waals surface area contributed by atoms with Crippen LogP contribution in [0.5, 0.6) is 0 Å². The first-order valence-corrected chi connectivity index (χ1v) is 7.81. The van der Waals surface area contributed by atoms with E-state index in [9.17, 15) is 0 Å². The van der Waals surface area contributed by atoms with Crippen LogP contribution in [0.3, 0.4) is 0 Å². The van der Waals surface area contributed by atoms with E-state index in [1.807, 2.05) is 6.07 Å². The van der Waals surface area contributed by atoms with Gasteiger partial charge in [-0.2, -0.15) is 5.26 Å². The molecule has 20 heavy (non-hydrogen) atoms. The topological polar surface area (TPSA) is 53.0 Å². The molecular weight excluding hydrogens is 246 g/mol. The molecule has 3 heteroatoms. The minimum atomic E-state index is 0.404. The third-order valence-electron chi connectivity index (χ3n) is 4.97. The Balaban J connectivity index is 1.84. The van der Waals surface area contributed by atoms with E-state index in [1.165, 1.54) is 44.2 Å². The highest BCUT2D eigenvalue weighted by molar-refractivity contribution is 5.60. The zero-order chi connectivity index (χ0) is 13.9. The summed E-state index contributed by atoms with van der Waals surface area (Å²) in [5, 5.41) is 8.91. The first-order valence-electron chi connectivity index (χ1n) is 7.81. The number of nitrogens with two attached hydrogens (primary N) is 1. The molecule has 0 radical (unpaired) electrons. The van der Waals surface area contributed by atoms with Crippen LogP contribution in [0.1, 0.15) is 44.1 Å². The number of benzene rings is 1. The summed E-state index contributed by atoms with van der Waals surface area (Å²) in [6.07, 6.45) is 8.60. The van der Waals surface area contributed by atoms with Gasteiger partial charge in [-0.15, -0.1) is 0 Å². The first-order chi connectivity index (χ1) is 9.79. The van der Waals surface area contributed by atoms with E-state index in [-0.39, 0.29) is 0 Å². The summed E-state index contributed by atoms with van der Waals surface area (Å²) in [6, 6.07) is 9.14. The molecule has 1 atom stereocenters. The van der Waals surface area contributed by atoms with Gasteiger partial charge in [0.25, 0.3) is 0 Å². The minimum absolute atomic E-state index is 0.404. The number of nitriles is 1. The van der Waals surface area contributed by atoms with Crippen molar-refractivity contribution in [1.29, 1.82) is 5.26 Å². The molecule has 1 aromatic rings. The SMILES string of the molecule is N#CCc1cc(N2CCCC2C2CCCC2)ccc1N. The van der Waals surface area contributed by atoms with Crippen molar-refractivity contribution in [3.05, 3.63) is 23.8 Å². The van der Waals surface area contributed by atoms with Crippen LogP contribution in [-0.4, -0.2) is 12.6 Å². The van der Waals surface area contributed by atoms with Gasteiger partial charge in [-0.25, -0.2) is 0 Å². The van der Waals surface area contributed by atoms with Gasteiger partial charge in [0.1, 0.15) is 0 Å². The van der Waals surface area contributed by atoms with Gasteiger partial charge in [0.2, 0.25) is 0 Å². The molecule has 1 heterocycles. The highest BCUT2D eigenvalue weighted by atomic mass is 15.2. The van der Waals surface area contributed by atoms with E-state index in [0.717, 1.165) is 23.7 Å². The van der Waals surface area contributed by atoms with Crippen LogP contribution in [0.25, 0.3) is 0 Å². The molecule has 1 aliphatic carbocycles. The van der Waals surface area contributed by atoms with Gasteiger partial charge >= 0.3 is 0 Å². The fourth-order valence-electron chi connectivity index (χ4n) is 3.95. The summed E-state index contributed by atoms with van der Waals surface area (Å²) in [6.45, 7) is 1.15. The fourth-order valence-corrected chi connectivity index (χ4v) is 3.95. The molecule has 0 bridgehead atoms. The molecule has 106 valence electrons. The van der Waals surface area contributed by atoms with Crippen LogP contribution >= 0.6 is 0 Å². The summed E-state index contributed by atoms with van der Waals surface area (Å²) in [7, 11) is 0. The van der Waals surface area contributed by atoms with Gasteiger partial charge in [0, 0.05) is 24.0 Å². The Bertz CT molecular complexity index is 511. The Kier molecular flexibility index (Phi) is 3.82. The molecule has 1 aromatic carbocycles. The van der Waals surface area contributed by atoms with E-state index < -0.39 is 0 Å². The maximum atomic E-state index is 8.91. The second-order valence-corrected chi connectivity index (χ2v) is 6.17.